The Morgan fingerprint density at radius 2 is 1.82 bits per heavy atom. The van der Waals surface area contributed by atoms with Gasteiger partial charge in [-0.3, -0.25) is 9.79 Å². The van der Waals surface area contributed by atoms with E-state index in [1.165, 1.54) is 22.4 Å². The highest BCUT2D eigenvalue weighted by Gasteiger charge is 2.22. The summed E-state index contributed by atoms with van der Waals surface area (Å²) in [6.07, 6.45) is 0.985. The lowest BCUT2D eigenvalue weighted by Crippen LogP contribution is -2.48. The smallest absolute Gasteiger partial charge is 0.219 e. The first-order chi connectivity index (χ1) is 13.6. The SMILES string of the molecule is CC(=O)N1CCN(c2ccc3c(c2)CCN=C3N(C)Cc2ccccc2)CC1. The highest BCUT2D eigenvalue weighted by Crippen LogP contribution is 2.25. The number of nitrogens with zero attached hydrogens (tertiary/aromatic N) is 4. The molecule has 146 valence electrons. The summed E-state index contributed by atoms with van der Waals surface area (Å²) in [5, 5.41) is 0. The van der Waals surface area contributed by atoms with E-state index in [2.05, 4.69) is 65.4 Å². The Morgan fingerprint density at radius 1 is 1.07 bits per heavy atom. The van der Waals surface area contributed by atoms with Crippen molar-refractivity contribution in [1.29, 1.82) is 0 Å². The molecule has 2 aliphatic heterocycles. The predicted octanol–water partition coefficient (Wildman–Crippen LogP) is 2.79. The second-order valence-electron chi connectivity index (χ2n) is 7.63. The molecule has 0 saturated carbocycles. The first-order valence-electron chi connectivity index (χ1n) is 10.0. The van der Waals surface area contributed by atoms with Gasteiger partial charge in [-0.15, -0.1) is 0 Å². The zero-order chi connectivity index (χ0) is 19.5. The van der Waals surface area contributed by atoms with Gasteiger partial charge < -0.3 is 14.7 Å². The lowest BCUT2D eigenvalue weighted by Gasteiger charge is -2.36. The number of benzene rings is 2. The summed E-state index contributed by atoms with van der Waals surface area (Å²) >= 11 is 0. The number of piperazine rings is 1. The van der Waals surface area contributed by atoms with Crippen molar-refractivity contribution in [3.63, 3.8) is 0 Å². The van der Waals surface area contributed by atoms with Crippen LogP contribution in [0.15, 0.2) is 53.5 Å². The number of carbonyl (C=O) groups excluding carboxylic acids is 1. The van der Waals surface area contributed by atoms with Crippen LogP contribution in [-0.4, -0.2) is 61.3 Å². The number of hydrogen-bond acceptors (Lipinski definition) is 4. The van der Waals surface area contributed by atoms with Gasteiger partial charge in [0.2, 0.25) is 5.91 Å². The van der Waals surface area contributed by atoms with E-state index in [0.717, 1.165) is 51.5 Å². The molecule has 2 heterocycles. The number of amides is 1. The van der Waals surface area contributed by atoms with Crippen molar-refractivity contribution in [1.82, 2.24) is 9.80 Å². The Hall–Kier alpha value is -2.82. The molecule has 5 nitrogen and oxygen atoms in total. The lowest BCUT2D eigenvalue weighted by atomic mass is 9.98. The number of carbonyl (C=O) groups is 1. The number of aliphatic imine (C=N–C) groups is 1. The van der Waals surface area contributed by atoms with Gasteiger partial charge in [0.05, 0.1) is 0 Å². The minimum absolute atomic E-state index is 0.174. The van der Waals surface area contributed by atoms with E-state index in [0.29, 0.717) is 0 Å². The van der Waals surface area contributed by atoms with Crippen LogP contribution in [-0.2, 0) is 17.8 Å². The van der Waals surface area contributed by atoms with Crippen molar-refractivity contribution in [3.8, 4) is 0 Å². The summed E-state index contributed by atoms with van der Waals surface area (Å²) in [4.78, 5) is 22.9. The molecule has 1 fully saturated rings. The van der Waals surface area contributed by atoms with Gasteiger partial charge in [-0.05, 0) is 35.7 Å². The fourth-order valence-electron chi connectivity index (χ4n) is 4.11. The third-order valence-corrected chi connectivity index (χ3v) is 5.69. The summed E-state index contributed by atoms with van der Waals surface area (Å²) in [7, 11) is 2.12. The molecule has 0 unspecified atom stereocenters. The first-order valence-corrected chi connectivity index (χ1v) is 10.0. The molecule has 0 N–H and O–H groups in total. The molecule has 0 aromatic heterocycles. The standard InChI is InChI=1S/C23H28N4O/c1-18(28)26-12-14-27(15-13-26)21-8-9-22-20(16-21)10-11-24-23(22)25(2)17-19-6-4-3-5-7-19/h3-9,16H,10-15,17H2,1-2H3. The summed E-state index contributed by atoms with van der Waals surface area (Å²) in [5.41, 5.74) is 5.17. The van der Waals surface area contributed by atoms with Gasteiger partial charge in [-0.1, -0.05) is 30.3 Å². The minimum atomic E-state index is 0.174. The number of hydrogen-bond donors (Lipinski definition) is 0. The highest BCUT2D eigenvalue weighted by atomic mass is 16.2. The molecule has 2 aromatic carbocycles. The molecule has 0 bridgehead atoms. The molecule has 28 heavy (non-hydrogen) atoms. The van der Waals surface area contributed by atoms with Crippen LogP contribution in [0.2, 0.25) is 0 Å². The molecular weight excluding hydrogens is 348 g/mol. The molecule has 0 spiro atoms. The Balaban J connectivity index is 1.49. The monoisotopic (exact) mass is 376 g/mol. The van der Waals surface area contributed by atoms with Crippen molar-refractivity contribution < 1.29 is 4.79 Å². The van der Waals surface area contributed by atoms with Crippen molar-refractivity contribution in [3.05, 3.63) is 65.2 Å². The third kappa shape index (κ3) is 3.88. The number of fused-ring (bicyclic) bond motifs is 1. The van der Waals surface area contributed by atoms with Crippen molar-refractivity contribution in [2.75, 3.05) is 44.7 Å². The van der Waals surface area contributed by atoms with Crippen LogP contribution in [0.3, 0.4) is 0 Å². The van der Waals surface area contributed by atoms with Crippen LogP contribution < -0.4 is 4.90 Å². The Morgan fingerprint density at radius 3 is 2.54 bits per heavy atom. The Labute approximate surface area is 167 Å². The molecular formula is C23H28N4O. The highest BCUT2D eigenvalue weighted by molar-refractivity contribution is 6.01. The summed E-state index contributed by atoms with van der Waals surface area (Å²) in [6, 6.07) is 17.3. The summed E-state index contributed by atoms with van der Waals surface area (Å²) in [5.74, 6) is 1.26. The summed E-state index contributed by atoms with van der Waals surface area (Å²) < 4.78 is 0. The Bertz CT molecular complexity index is 869. The van der Waals surface area contributed by atoms with E-state index >= 15 is 0 Å². The topological polar surface area (TPSA) is 39.2 Å². The fraction of sp³-hybridized carbons (Fsp3) is 0.391. The van der Waals surface area contributed by atoms with Gasteiger partial charge >= 0.3 is 0 Å². The molecule has 4 rings (SSSR count). The van der Waals surface area contributed by atoms with E-state index in [1.807, 2.05) is 4.90 Å². The quantitative estimate of drug-likeness (QED) is 0.827. The molecule has 0 radical (unpaired) electrons. The molecule has 0 aliphatic carbocycles. The van der Waals surface area contributed by atoms with Crippen LogP contribution >= 0.6 is 0 Å². The molecule has 5 heteroatoms. The van der Waals surface area contributed by atoms with E-state index in [4.69, 9.17) is 4.99 Å². The van der Waals surface area contributed by atoms with E-state index < -0.39 is 0 Å². The van der Waals surface area contributed by atoms with Crippen LogP contribution in [0.25, 0.3) is 0 Å². The maximum Gasteiger partial charge on any atom is 0.219 e. The summed E-state index contributed by atoms with van der Waals surface area (Å²) in [6.45, 7) is 6.75. The van der Waals surface area contributed by atoms with Gasteiger partial charge in [0.15, 0.2) is 0 Å². The average molecular weight is 377 g/mol. The van der Waals surface area contributed by atoms with Gasteiger partial charge in [0.1, 0.15) is 5.84 Å². The molecule has 1 amide bonds. The van der Waals surface area contributed by atoms with Gasteiger partial charge in [-0.25, -0.2) is 0 Å². The second kappa shape index (κ2) is 8.05. The van der Waals surface area contributed by atoms with E-state index in [1.54, 1.807) is 6.92 Å². The van der Waals surface area contributed by atoms with Gasteiger partial charge in [0.25, 0.3) is 0 Å². The van der Waals surface area contributed by atoms with Gasteiger partial charge in [-0.2, -0.15) is 0 Å². The van der Waals surface area contributed by atoms with Crippen molar-refractivity contribution in [2.45, 2.75) is 19.9 Å². The second-order valence-corrected chi connectivity index (χ2v) is 7.63. The lowest BCUT2D eigenvalue weighted by molar-refractivity contribution is -0.129. The molecule has 2 aliphatic rings. The normalized spacial score (nSPS) is 16.4. The first kappa shape index (κ1) is 18.5. The Kier molecular flexibility index (Phi) is 5.33. The molecule has 1 saturated heterocycles. The zero-order valence-electron chi connectivity index (χ0n) is 16.8. The van der Waals surface area contributed by atoms with Crippen LogP contribution in [0.1, 0.15) is 23.6 Å². The number of amidine groups is 1. The van der Waals surface area contributed by atoms with Crippen molar-refractivity contribution >= 4 is 17.4 Å². The van der Waals surface area contributed by atoms with Gasteiger partial charge in [0, 0.05) is 64.5 Å². The van der Waals surface area contributed by atoms with E-state index in [9.17, 15) is 4.79 Å². The van der Waals surface area contributed by atoms with Crippen LogP contribution in [0.4, 0.5) is 5.69 Å². The zero-order valence-corrected chi connectivity index (χ0v) is 16.8. The molecule has 0 atom stereocenters. The third-order valence-electron chi connectivity index (χ3n) is 5.69. The largest absolute Gasteiger partial charge is 0.368 e. The predicted molar refractivity (Wildman–Crippen MR) is 114 cm³/mol. The van der Waals surface area contributed by atoms with E-state index in [-0.39, 0.29) is 5.91 Å². The molecule has 2 aromatic rings. The fourth-order valence-corrected chi connectivity index (χ4v) is 4.11. The number of anilines is 1. The number of rotatable bonds is 3. The van der Waals surface area contributed by atoms with Crippen molar-refractivity contribution in [2.24, 2.45) is 4.99 Å². The maximum atomic E-state index is 11.6. The van der Waals surface area contributed by atoms with Crippen LogP contribution in [0, 0.1) is 0 Å². The maximum absolute atomic E-state index is 11.6. The minimum Gasteiger partial charge on any atom is -0.368 e. The average Bonchev–Trinajstić information content (AvgIpc) is 2.73. The van der Waals surface area contributed by atoms with Crippen LogP contribution in [0.5, 0.6) is 0 Å².